The molecule has 0 aliphatic rings. The average molecular weight is 559 g/mol. The molecule has 0 atom stereocenters. The highest BCUT2D eigenvalue weighted by Gasteiger charge is 2.30. The molecule has 10 nitrogen and oxygen atoms in total. The number of ether oxygens (including phenoxy) is 9. The fourth-order valence-electron chi connectivity index (χ4n) is 2.69. The topological polar surface area (TPSA) is 103 Å². The lowest BCUT2D eigenvalue weighted by molar-refractivity contribution is -0.137. The second-order valence-electron chi connectivity index (χ2n) is 7.50. The Hall–Kier alpha value is -1.55. The molecule has 13 heteroatoms. The van der Waals surface area contributed by atoms with E-state index in [1.54, 1.807) is 0 Å². The first-order valence-electron chi connectivity index (χ1n) is 12.6. The van der Waals surface area contributed by atoms with Crippen molar-refractivity contribution in [3.8, 4) is 5.75 Å². The second-order valence-corrected chi connectivity index (χ2v) is 7.50. The smallest absolute Gasteiger partial charge is 0.416 e. The highest BCUT2D eigenvalue weighted by Crippen LogP contribution is 2.31. The van der Waals surface area contributed by atoms with Gasteiger partial charge in [0.15, 0.2) is 0 Å². The van der Waals surface area contributed by atoms with Gasteiger partial charge in [-0.05, 0) is 18.2 Å². The second kappa shape index (κ2) is 24.5. The molecule has 0 unspecified atom stereocenters. The number of hydrogen-bond donors (Lipinski definition) is 1. The lowest BCUT2D eigenvalue weighted by atomic mass is 10.2. The Bertz CT molecular complexity index is 652. The number of aliphatic hydroxyl groups excluding tert-OH is 1. The van der Waals surface area contributed by atoms with Crippen molar-refractivity contribution in [2.45, 2.75) is 6.18 Å². The molecule has 0 amide bonds. The van der Waals surface area contributed by atoms with E-state index < -0.39 is 11.7 Å². The number of rotatable bonds is 27. The van der Waals surface area contributed by atoms with Gasteiger partial charge >= 0.3 is 6.18 Å². The van der Waals surface area contributed by atoms with Gasteiger partial charge in [0.25, 0.3) is 0 Å². The Morgan fingerprint density at radius 3 is 1.18 bits per heavy atom. The molecule has 0 saturated heterocycles. The van der Waals surface area contributed by atoms with Gasteiger partial charge in [-0.25, -0.2) is 0 Å². The highest BCUT2D eigenvalue weighted by atomic mass is 19.4. The largest absolute Gasteiger partial charge is 0.491 e. The number of alkyl halides is 3. The summed E-state index contributed by atoms with van der Waals surface area (Å²) in [6.07, 6.45) is -4.40. The standard InChI is InChI=1S/C25H41F3O10/c26-25(27,28)23-2-1-3-24(22-23)38-21-20-37-19-18-36-17-16-35-15-14-34-13-12-33-11-10-32-9-8-31-7-6-30-5-4-29/h1-3,22,29H,4-21H2. The fraction of sp³-hybridized carbons (Fsp3) is 0.760. The summed E-state index contributed by atoms with van der Waals surface area (Å²) in [4.78, 5) is 0. The number of aliphatic hydroxyl groups is 1. The molecule has 222 valence electrons. The quantitative estimate of drug-likeness (QED) is 0.162. The molecule has 0 aromatic heterocycles. The minimum Gasteiger partial charge on any atom is -0.491 e. The predicted octanol–water partition coefficient (Wildman–Crippen LogP) is 2.21. The maximum Gasteiger partial charge on any atom is 0.416 e. The number of hydrogen-bond acceptors (Lipinski definition) is 10. The van der Waals surface area contributed by atoms with Gasteiger partial charge in [-0.15, -0.1) is 0 Å². The summed E-state index contributed by atoms with van der Waals surface area (Å²) in [7, 11) is 0. The van der Waals surface area contributed by atoms with Crippen molar-refractivity contribution in [2.75, 3.05) is 119 Å². The van der Waals surface area contributed by atoms with E-state index in [9.17, 15) is 13.2 Å². The molecule has 1 aromatic rings. The van der Waals surface area contributed by atoms with Crippen LogP contribution in [0.2, 0.25) is 0 Å². The van der Waals surface area contributed by atoms with E-state index in [1.807, 2.05) is 0 Å². The van der Waals surface area contributed by atoms with Crippen LogP contribution >= 0.6 is 0 Å². The van der Waals surface area contributed by atoms with Gasteiger partial charge < -0.3 is 47.7 Å². The Morgan fingerprint density at radius 1 is 0.500 bits per heavy atom. The Labute approximate surface area is 222 Å². The van der Waals surface area contributed by atoms with E-state index in [0.29, 0.717) is 99.1 Å². The highest BCUT2D eigenvalue weighted by molar-refractivity contribution is 5.30. The molecular formula is C25H41F3O10. The predicted molar refractivity (Wildman–Crippen MR) is 131 cm³/mol. The van der Waals surface area contributed by atoms with Crippen molar-refractivity contribution in [3.63, 3.8) is 0 Å². The molecule has 0 aliphatic carbocycles. The zero-order valence-corrected chi connectivity index (χ0v) is 21.8. The van der Waals surface area contributed by atoms with Crippen molar-refractivity contribution < 1.29 is 60.9 Å². The molecule has 0 bridgehead atoms. The molecule has 0 saturated carbocycles. The zero-order chi connectivity index (χ0) is 27.6. The first kappa shape index (κ1) is 34.5. The zero-order valence-electron chi connectivity index (χ0n) is 21.8. The minimum atomic E-state index is -4.40. The molecule has 0 fully saturated rings. The van der Waals surface area contributed by atoms with Crippen molar-refractivity contribution in [1.82, 2.24) is 0 Å². The van der Waals surface area contributed by atoms with Gasteiger partial charge in [-0.3, -0.25) is 0 Å². The molecule has 0 aliphatic heterocycles. The van der Waals surface area contributed by atoms with Gasteiger partial charge in [0.1, 0.15) is 12.4 Å². The van der Waals surface area contributed by atoms with Gasteiger partial charge in [-0.2, -0.15) is 13.2 Å². The Balaban J connectivity index is 1.73. The third-order valence-corrected chi connectivity index (χ3v) is 4.50. The minimum absolute atomic E-state index is 0.0114. The molecule has 1 aromatic carbocycles. The van der Waals surface area contributed by atoms with Crippen molar-refractivity contribution in [1.29, 1.82) is 0 Å². The van der Waals surface area contributed by atoms with Crippen LogP contribution in [0, 0.1) is 0 Å². The Morgan fingerprint density at radius 2 is 0.842 bits per heavy atom. The molecule has 0 spiro atoms. The summed E-state index contributed by atoms with van der Waals surface area (Å²) in [5.41, 5.74) is -0.748. The van der Waals surface area contributed by atoms with Crippen molar-refractivity contribution in [3.05, 3.63) is 29.8 Å². The third kappa shape index (κ3) is 21.4. The van der Waals surface area contributed by atoms with Crippen LogP contribution in [-0.4, -0.2) is 124 Å². The molecule has 38 heavy (non-hydrogen) atoms. The monoisotopic (exact) mass is 558 g/mol. The number of halogens is 3. The van der Waals surface area contributed by atoms with Crippen LogP contribution in [-0.2, 0) is 44.1 Å². The molecular weight excluding hydrogens is 517 g/mol. The van der Waals surface area contributed by atoms with E-state index in [2.05, 4.69) is 0 Å². The average Bonchev–Trinajstić information content (AvgIpc) is 2.90. The normalized spacial score (nSPS) is 11.8. The SMILES string of the molecule is OCCOCCOCCOCCOCCOCCOCCOCCOCCOc1cccc(C(F)(F)F)c1. The lowest BCUT2D eigenvalue weighted by Gasteiger charge is -2.10. The lowest BCUT2D eigenvalue weighted by Crippen LogP contribution is -2.15. The first-order valence-corrected chi connectivity index (χ1v) is 12.6. The summed E-state index contributed by atoms with van der Waals surface area (Å²) in [6, 6.07) is 4.72. The number of benzene rings is 1. The molecule has 0 radical (unpaired) electrons. The van der Waals surface area contributed by atoms with Crippen LogP contribution in [0.3, 0.4) is 0 Å². The van der Waals surface area contributed by atoms with Gasteiger partial charge in [0.05, 0.1) is 118 Å². The summed E-state index contributed by atoms with van der Waals surface area (Å²) >= 11 is 0. The van der Waals surface area contributed by atoms with Crippen molar-refractivity contribution >= 4 is 0 Å². The maximum atomic E-state index is 12.7. The maximum absolute atomic E-state index is 12.7. The van der Waals surface area contributed by atoms with Gasteiger partial charge in [-0.1, -0.05) is 6.07 Å². The van der Waals surface area contributed by atoms with E-state index in [1.165, 1.54) is 12.1 Å². The fourth-order valence-corrected chi connectivity index (χ4v) is 2.69. The van der Waals surface area contributed by atoms with Crippen LogP contribution in [0.15, 0.2) is 24.3 Å². The van der Waals surface area contributed by atoms with E-state index >= 15 is 0 Å². The van der Waals surface area contributed by atoms with Crippen LogP contribution in [0.4, 0.5) is 13.2 Å². The molecule has 1 rings (SSSR count). The van der Waals surface area contributed by atoms with E-state index in [0.717, 1.165) is 12.1 Å². The van der Waals surface area contributed by atoms with Crippen LogP contribution in [0.5, 0.6) is 5.75 Å². The Kier molecular flexibility index (Phi) is 22.2. The summed E-state index contributed by atoms with van der Waals surface area (Å²) in [5, 5.41) is 8.55. The first-order chi connectivity index (χ1) is 18.5. The van der Waals surface area contributed by atoms with Gasteiger partial charge in [0, 0.05) is 0 Å². The van der Waals surface area contributed by atoms with Crippen LogP contribution < -0.4 is 4.74 Å². The van der Waals surface area contributed by atoms with E-state index in [-0.39, 0.29) is 25.6 Å². The summed E-state index contributed by atoms with van der Waals surface area (Å²) in [6.45, 7) is 6.94. The van der Waals surface area contributed by atoms with Crippen LogP contribution in [0.1, 0.15) is 5.56 Å². The summed E-state index contributed by atoms with van der Waals surface area (Å²) in [5.74, 6) is 0.148. The van der Waals surface area contributed by atoms with Crippen molar-refractivity contribution in [2.24, 2.45) is 0 Å². The van der Waals surface area contributed by atoms with Gasteiger partial charge in [0.2, 0.25) is 0 Å². The summed E-state index contributed by atoms with van der Waals surface area (Å²) < 4.78 is 85.9. The van der Waals surface area contributed by atoms with Crippen LogP contribution in [0.25, 0.3) is 0 Å². The molecule has 1 N–H and O–H groups in total. The molecule has 0 heterocycles. The third-order valence-electron chi connectivity index (χ3n) is 4.50. The van der Waals surface area contributed by atoms with E-state index in [4.69, 9.17) is 47.7 Å².